The number of nitrogens with one attached hydrogen (secondary N) is 1. The molecule has 0 amide bonds. The lowest BCUT2D eigenvalue weighted by Crippen LogP contribution is -2.39. The van der Waals surface area contributed by atoms with Crippen molar-refractivity contribution in [2.75, 3.05) is 13.2 Å². The second kappa shape index (κ2) is 7.30. The molecule has 0 aromatic heterocycles. The van der Waals surface area contributed by atoms with Gasteiger partial charge in [-0.15, -0.1) is 0 Å². The van der Waals surface area contributed by atoms with Gasteiger partial charge in [-0.1, -0.05) is 35.7 Å². The van der Waals surface area contributed by atoms with Crippen LogP contribution in [0.1, 0.15) is 38.2 Å². The van der Waals surface area contributed by atoms with Gasteiger partial charge in [0.15, 0.2) is 0 Å². The minimum atomic E-state index is 0.684. The van der Waals surface area contributed by atoms with Crippen LogP contribution >= 0.6 is 15.9 Å². The lowest BCUT2D eigenvalue weighted by atomic mass is 9.86. The molecule has 3 heteroatoms. The van der Waals surface area contributed by atoms with E-state index in [2.05, 4.69) is 41.2 Å². The van der Waals surface area contributed by atoms with Gasteiger partial charge in [0, 0.05) is 17.1 Å². The van der Waals surface area contributed by atoms with Crippen LogP contribution in [0, 0.1) is 12.8 Å². The predicted octanol–water partition coefficient (Wildman–Crippen LogP) is 4.30. The molecule has 1 aliphatic carbocycles. The number of hydrogen-bond acceptors (Lipinski definition) is 2. The smallest absolute Gasteiger partial charge is 0.119 e. The lowest BCUT2D eigenvalue weighted by Gasteiger charge is -2.29. The molecule has 106 valence electrons. The first-order valence-electron chi connectivity index (χ1n) is 7.29. The third-order valence-electron chi connectivity index (χ3n) is 4.02. The SMILES string of the molecule is Cc1cc(OCCNC2CCCCC2C)ccc1Br. The molecule has 1 aliphatic rings. The molecule has 1 aromatic rings. The van der Waals surface area contributed by atoms with Crippen molar-refractivity contribution in [1.82, 2.24) is 5.32 Å². The number of benzene rings is 1. The van der Waals surface area contributed by atoms with E-state index >= 15 is 0 Å². The van der Waals surface area contributed by atoms with E-state index in [-0.39, 0.29) is 0 Å². The van der Waals surface area contributed by atoms with E-state index in [9.17, 15) is 0 Å². The second-order valence-electron chi connectivity index (χ2n) is 5.58. The topological polar surface area (TPSA) is 21.3 Å². The zero-order valence-corrected chi connectivity index (χ0v) is 13.5. The first kappa shape index (κ1) is 14.9. The van der Waals surface area contributed by atoms with Gasteiger partial charge in [-0.25, -0.2) is 0 Å². The molecule has 0 spiro atoms. The van der Waals surface area contributed by atoms with E-state index in [1.807, 2.05) is 12.1 Å². The van der Waals surface area contributed by atoms with Gasteiger partial charge in [-0.2, -0.15) is 0 Å². The average molecular weight is 326 g/mol. The molecule has 0 bridgehead atoms. The highest BCUT2D eigenvalue weighted by Gasteiger charge is 2.20. The van der Waals surface area contributed by atoms with E-state index in [1.54, 1.807) is 0 Å². The summed E-state index contributed by atoms with van der Waals surface area (Å²) in [6.07, 6.45) is 5.45. The Hall–Kier alpha value is -0.540. The number of aryl methyl sites for hydroxylation is 1. The Labute approximate surface area is 125 Å². The predicted molar refractivity (Wildman–Crippen MR) is 83.8 cm³/mol. The van der Waals surface area contributed by atoms with Crippen LogP contribution in [0.15, 0.2) is 22.7 Å². The zero-order chi connectivity index (χ0) is 13.7. The van der Waals surface area contributed by atoms with Crippen molar-refractivity contribution in [2.24, 2.45) is 5.92 Å². The van der Waals surface area contributed by atoms with Gasteiger partial charge in [0.05, 0.1) is 0 Å². The molecule has 2 nitrogen and oxygen atoms in total. The Morgan fingerprint density at radius 3 is 2.84 bits per heavy atom. The third kappa shape index (κ3) is 4.50. The highest BCUT2D eigenvalue weighted by Crippen LogP contribution is 2.24. The van der Waals surface area contributed by atoms with Crippen LogP contribution in [0.5, 0.6) is 5.75 Å². The Bertz CT molecular complexity index is 408. The van der Waals surface area contributed by atoms with Gasteiger partial charge in [-0.3, -0.25) is 0 Å². The molecule has 2 rings (SSSR count). The van der Waals surface area contributed by atoms with Gasteiger partial charge >= 0.3 is 0 Å². The average Bonchev–Trinajstić information content (AvgIpc) is 2.40. The van der Waals surface area contributed by atoms with Crippen LogP contribution in [0.25, 0.3) is 0 Å². The van der Waals surface area contributed by atoms with Crippen LogP contribution in [0.2, 0.25) is 0 Å². The van der Waals surface area contributed by atoms with Crippen LogP contribution in [0.4, 0.5) is 0 Å². The molecule has 1 fully saturated rings. The summed E-state index contributed by atoms with van der Waals surface area (Å²) >= 11 is 3.50. The Morgan fingerprint density at radius 1 is 1.32 bits per heavy atom. The van der Waals surface area contributed by atoms with E-state index < -0.39 is 0 Å². The number of hydrogen-bond donors (Lipinski definition) is 1. The lowest BCUT2D eigenvalue weighted by molar-refractivity contribution is 0.251. The van der Waals surface area contributed by atoms with Gasteiger partial charge < -0.3 is 10.1 Å². The molecule has 19 heavy (non-hydrogen) atoms. The normalized spacial score (nSPS) is 23.3. The standard InChI is InChI=1S/C16H24BrNO/c1-12-5-3-4-6-16(12)18-9-10-19-14-7-8-15(17)13(2)11-14/h7-8,11-12,16,18H,3-6,9-10H2,1-2H3. The van der Waals surface area contributed by atoms with Crippen LogP contribution in [-0.2, 0) is 0 Å². The molecule has 0 saturated heterocycles. The molecule has 2 unspecified atom stereocenters. The Balaban J connectivity index is 1.70. The second-order valence-corrected chi connectivity index (χ2v) is 6.44. The van der Waals surface area contributed by atoms with Crippen molar-refractivity contribution < 1.29 is 4.74 Å². The van der Waals surface area contributed by atoms with Crippen molar-refractivity contribution in [3.8, 4) is 5.75 Å². The fourth-order valence-corrected chi connectivity index (χ4v) is 2.99. The maximum absolute atomic E-state index is 5.78. The molecule has 1 aromatic carbocycles. The van der Waals surface area contributed by atoms with Crippen molar-refractivity contribution in [1.29, 1.82) is 0 Å². The molecule has 0 aliphatic heterocycles. The van der Waals surface area contributed by atoms with Crippen molar-refractivity contribution >= 4 is 15.9 Å². The van der Waals surface area contributed by atoms with E-state index in [4.69, 9.17) is 4.74 Å². The fraction of sp³-hybridized carbons (Fsp3) is 0.625. The minimum absolute atomic E-state index is 0.684. The van der Waals surface area contributed by atoms with Crippen LogP contribution in [0.3, 0.4) is 0 Å². The number of ether oxygens (including phenoxy) is 1. The van der Waals surface area contributed by atoms with E-state index in [0.717, 1.165) is 29.3 Å². The first-order valence-corrected chi connectivity index (χ1v) is 8.08. The third-order valence-corrected chi connectivity index (χ3v) is 4.91. The number of rotatable bonds is 5. The summed E-state index contributed by atoms with van der Waals surface area (Å²) in [5.41, 5.74) is 1.21. The highest BCUT2D eigenvalue weighted by atomic mass is 79.9. The molecular weight excluding hydrogens is 302 g/mol. The monoisotopic (exact) mass is 325 g/mol. The van der Waals surface area contributed by atoms with Gasteiger partial charge in [0.2, 0.25) is 0 Å². The maximum atomic E-state index is 5.78. The fourth-order valence-electron chi connectivity index (χ4n) is 2.74. The molecule has 2 atom stereocenters. The minimum Gasteiger partial charge on any atom is -0.492 e. The summed E-state index contributed by atoms with van der Waals surface area (Å²) in [7, 11) is 0. The van der Waals surface area contributed by atoms with Gasteiger partial charge in [0.25, 0.3) is 0 Å². The quantitative estimate of drug-likeness (QED) is 0.815. The summed E-state index contributed by atoms with van der Waals surface area (Å²) in [4.78, 5) is 0. The summed E-state index contributed by atoms with van der Waals surface area (Å²) in [6, 6.07) is 6.82. The Morgan fingerprint density at radius 2 is 2.11 bits per heavy atom. The summed E-state index contributed by atoms with van der Waals surface area (Å²) < 4.78 is 6.92. The van der Waals surface area contributed by atoms with E-state index in [0.29, 0.717) is 6.04 Å². The highest BCUT2D eigenvalue weighted by molar-refractivity contribution is 9.10. The maximum Gasteiger partial charge on any atom is 0.119 e. The van der Waals surface area contributed by atoms with Gasteiger partial charge in [-0.05, 0) is 49.4 Å². The van der Waals surface area contributed by atoms with Gasteiger partial charge in [0.1, 0.15) is 12.4 Å². The molecule has 0 radical (unpaired) electrons. The van der Waals surface area contributed by atoms with Crippen LogP contribution in [-0.4, -0.2) is 19.2 Å². The van der Waals surface area contributed by atoms with E-state index in [1.165, 1.54) is 31.2 Å². The summed E-state index contributed by atoms with van der Waals surface area (Å²) in [6.45, 7) is 6.11. The first-order chi connectivity index (χ1) is 9.16. The Kier molecular flexibility index (Phi) is 5.71. The summed E-state index contributed by atoms with van der Waals surface area (Å²) in [5, 5.41) is 3.63. The van der Waals surface area contributed by atoms with Crippen molar-refractivity contribution in [2.45, 2.75) is 45.6 Å². The zero-order valence-electron chi connectivity index (χ0n) is 11.9. The molecular formula is C16H24BrNO. The molecule has 1 saturated carbocycles. The van der Waals surface area contributed by atoms with Crippen LogP contribution < -0.4 is 10.1 Å². The molecule has 0 heterocycles. The number of halogens is 1. The molecule has 1 N–H and O–H groups in total. The van der Waals surface area contributed by atoms with Crippen molar-refractivity contribution in [3.05, 3.63) is 28.2 Å². The largest absolute Gasteiger partial charge is 0.492 e. The van der Waals surface area contributed by atoms with Crippen molar-refractivity contribution in [3.63, 3.8) is 0 Å². The summed E-state index contributed by atoms with van der Waals surface area (Å²) in [5.74, 6) is 1.77.